The highest BCUT2D eigenvalue weighted by Gasteiger charge is 2.23. The van der Waals surface area contributed by atoms with Gasteiger partial charge in [-0.15, -0.1) is 0 Å². The van der Waals surface area contributed by atoms with Gasteiger partial charge in [0, 0.05) is 11.8 Å². The van der Waals surface area contributed by atoms with Crippen LogP contribution in [0, 0.1) is 17.0 Å². The van der Waals surface area contributed by atoms with Gasteiger partial charge in [-0.2, -0.15) is 0 Å². The average molecular weight is 309 g/mol. The SMILES string of the molecule is Cc1cnc(S(=O)(=O)CCS(N)(=O)=O)cc1[N+](=O)[O-]. The topological polar surface area (TPSA) is 150 Å². The third-order valence-corrected chi connectivity index (χ3v) is 4.84. The molecule has 0 unspecified atom stereocenters. The molecule has 0 aromatic carbocycles. The van der Waals surface area contributed by atoms with Gasteiger partial charge in [0.2, 0.25) is 10.0 Å². The van der Waals surface area contributed by atoms with E-state index in [0.29, 0.717) is 0 Å². The second-order valence-corrected chi connectivity index (χ2v) is 7.54. The van der Waals surface area contributed by atoms with Crippen molar-refractivity contribution in [2.24, 2.45) is 5.14 Å². The van der Waals surface area contributed by atoms with Crippen LogP contribution in [-0.4, -0.2) is 38.2 Å². The Morgan fingerprint density at radius 3 is 2.37 bits per heavy atom. The molecular weight excluding hydrogens is 298 g/mol. The maximum atomic E-state index is 11.8. The van der Waals surface area contributed by atoms with Crippen molar-refractivity contribution in [3.05, 3.63) is 27.9 Å². The Morgan fingerprint density at radius 2 is 1.89 bits per heavy atom. The molecule has 0 fully saturated rings. The molecule has 0 saturated carbocycles. The van der Waals surface area contributed by atoms with Crippen molar-refractivity contribution in [3.63, 3.8) is 0 Å². The summed E-state index contributed by atoms with van der Waals surface area (Å²) in [5, 5.41) is 14.8. The highest BCUT2D eigenvalue weighted by molar-refractivity contribution is 7.94. The van der Waals surface area contributed by atoms with E-state index in [1.807, 2.05) is 0 Å². The number of pyridine rings is 1. The zero-order valence-corrected chi connectivity index (χ0v) is 11.4. The summed E-state index contributed by atoms with van der Waals surface area (Å²) in [5.74, 6) is -1.56. The highest BCUT2D eigenvalue weighted by Crippen LogP contribution is 2.20. The monoisotopic (exact) mass is 309 g/mol. The normalized spacial score (nSPS) is 12.3. The maximum absolute atomic E-state index is 11.8. The zero-order chi connectivity index (χ0) is 14.8. The first-order chi connectivity index (χ1) is 8.53. The summed E-state index contributed by atoms with van der Waals surface area (Å²) in [6.45, 7) is 1.41. The van der Waals surface area contributed by atoms with Crippen LogP contribution in [0.2, 0.25) is 0 Å². The molecule has 0 aliphatic heterocycles. The van der Waals surface area contributed by atoms with Crippen LogP contribution in [0.25, 0.3) is 0 Å². The van der Waals surface area contributed by atoms with Gasteiger partial charge in [0.25, 0.3) is 5.69 Å². The quantitative estimate of drug-likeness (QED) is 0.561. The number of hydrogen-bond donors (Lipinski definition) is 1. The lowest BCUT2D eigenvalue weighted by molar-refractivity contribution is -0.385. The first kappa shape index (κ1) is 15.5. The highest BCUT2D eigenvalue weighted by atomic mass is 32.2. The van der Waals surface area contributed by atoms with Gasteiger partial charge in [-0.1, -0.05) is 0 Å². The number of sulfone groups is 1. The van der Waals surface area contributed by atoms with Crippen molar-refractivity contribution >= 4 is 25.5 Å². The summed E-state index contributed by atoms with van der Waals surface area (Å²) in [6, 6.07) is 0.799. The Kier molecular flexibility index (Phi) is 4.22. The Morgan fingerprint density at radius 1 is 1.32 bits per heavy atom. The summed E-state index contributed by atoms with van der Waals surface area (Å²) < 4.78 is 45.0. The fraction of sp³-hybridized carbons (Fsp3) is 0.375. The summed E-state index contributed by atoms with van der Waals surface area (Å²) in [4.78, 5) is 13.5. The minimum Gasteiger partial charge on any atom is -0.258 e. The Balaban J connectivity index is 3.16. The van der Waals surface area contributed by atoms with E-state index in [1.165, 1.54) is 6.92 Å². The summed E-state index contributed by atoms with van der Waals surface area (Å²) in [7, 11) is -7.98. The molecule has 1 aromatic rings. The van der Waals surface area contributed by atoms with E-state index in [9.17, 15) is 26.9 Å². The number of nitrogens with two attached hydrogens (primary N) is 1. The molecule has 2 N–H and O–H groups in total. The Bertz CT molecular complexity index is 710. The number of hydrogen-bond acceptors (Lipinski definition) is 7. The lowest BCUT2D eigenvalue weighted by atomic mass is 10.3. The molecule has 19 heavy (non-hydrogen) atoms. The van der Waals surface area contributed by atoms with Crippen LogP contribution >= 0.6 is 0 Å². The van der Waals surface area contributed by atoms with E-state index in [1.54, 1.807) is 0 Å². The molecule has 0 amide bonds. The maximum Gasteiger partial charge on any atom is 0.276 e. The van der Waals surface area contributed by atoms with E-state index in [-0.39, 0.29) is 5.56 Å². The number of nitro groups is 1. The number of primary sulfonamides is 1. The number of rotatable bonds is 5. The van der Waals surface area contributed by atoms with Crippen LogP contribution in [0.4, 0.5) is 5.69 Å². The van der Waals surface area contributed by atoms with Gasteiger partial charge in [-0.25, -0.2) is 27.0 Å². The fourth-order valence-electron chi connectivity index (χ4n) is 1.19. The van der Waals surface area contributed by atoms with Gasteiger partial charge in [0.15, 0.2) is 14.9 Å². The Labute approximate surface area is 109 Å². The van der Waals surface area contributed by atoms with Crippen molar-refractivity contribution in [3.8, 4) is 0 Å². The van der Waals surface area contributed by atoms with Gasteiger partial charge in [-0.3, -0.25) is 10.1 Å². The van der Waals surface area contributed by atoms with E-state index >= 15 is 0 Å². The molecule has 0 aliphatic carbocycles. The predicted octanol–water partition coefficient (Wildman–Crippen LogP) is -0.640. The van der Waals surface area contributed by atoms with Crippen molar-refractivity contribution in [1.82, 2.24) is 4.98 Å². The first-order valence-electron chi connectivity index (χ1n) is 4.87. The van der Waals surface area contributed by atoms with Gasteiger partial charge in [0.05, 0.1) is 22.5 Å². The van der Waals surface area contributed by atoms with E-state index in [4.69, 9.17) is 5.14 Å². The molecule has 0 saturated heterocycles. The number of aryl methyl sites for hydroxylation is 1. The van der Waals surface area contributed by atoms with Crippen molar-refractivity contribution in [2.75, 3.05) is 11.5 Å². The molecule has 0 bridgehead atoms. The molecule has 0 radical (unpaired) electrons. The van der Waals surface area contributed by atoms with Crippen LogP contribution in [0.3, 0.4) is 0 Å². The predicted molar refractivity (Wildman–Crippen MR) is 65.7 cm³/mol. The van der Waals surface area contributed by atoms with E-state index in [2.05, 4.69) is 4.98 Å². The average Bonchev–Trinajstić information content (AvgIpc) is 2.25. The van der Waals surface area contributed by atoms with Crippen LogP contribution in [0.5, 0.6) is 0 Å². The molecule has 106 valence electrons. The van der Waals surface area contributed by atoms with Gasteiger partial charge >= 0.3 is 0 Å². The van der Waals surface area contributed by atoms with Crippen LogP contribution in [0.1, 0.15) is 5.56 Å². The number of sulfonamides is 1. The molecule has 0 atom stereocenters. The second-order valence-electron chi connectivity index (χ2n) is 3.75. The third kappa shape index (κ3) is 4.22. The standard InChI is InChI=1S/C8H11N3O6S2/c1-6-5-10-8(4-7(6)11(12)13)18(14,15)2-3-19(9,16)17/h4-5H,2-3H2,1H3,(H2,9,16,17). The minimum atomic E-state index is -4.04. The smallest absolute Gasteiger partial charge is 0.258 e. The molecule has 0 aliphatic rings. The Hall–Kier alpha value is -1.59. The second kappa shape index (κ2) is 5.19. The van der Waals surface area contributed by atoms with Crippen molar-refractivity contribution in [1.29, 1.82) is 0 Å². The van der Waals surface area contributed by atoms with Gasteiger partial charge < -0.3 is 0 Å². The zero-order valence-electron chi connectivity index (χ0n) is 9.81. The summed E-state index contributed by atoms with van der Waals surface area (Å²) >= 11 is 0. The molecule has 9 nitrogen and oxygen atoms in total. The summed E-state index contributed by atoms with van der Waals surface area (Å²) in [6.07, 6.45) is 1.04. The number of aromatic nitrogens is 1. The van der Waals surface area contributed by atoms with E-state index in [0.717, 1.165) is 12.3 Å². The van der Waals surface area contributed by atoms with Gasteiger partial charge in [-0.05, 0) is 6.92 Å². The molecule has 11 heteroatoms. The van der Waals surface area contributed by atoms with Gasteiger partial charge in [0.1, 0.15) is 0 Å². The first-order valence-corrected chi connectivity index (χ1v) is 8.24. The lowest BCUT2D eigenvalue weighted by Gasteiger charge is -2.04. The minimum absolute atomic E-state index is 0.204. The van der Waals surface area contributed by atoms with Crippen LogP contribution in [0.15, 0.2) is 17.3 Å². The number of nitrogens with zero attached hydrogens (tertiary/aromatic N) is 2. The summed E-state index contributed by atoms with van der Waals surface area (Å²) in [5.41, 5.74) is -0.195. The van der Waals surface area contributed by atoms with Crippen LogP contribution in [-0.2, 0) is 19.9 Å². The third-order valence-electron chi connectivity index (χ3n) is 2.20. The molecular formula is C8H11N3O6S2. The molecule has 0 spiro atoms. The van der Waals surface area contributed by atoms with Crippen LogP contribution < -0.4 is 5.14 Å². The molecule has 1 heterocycles. The molecule has 1 rings (SSSR count). The largest absolute Gasteiger partial charge is 0.276 e. The fourth-order valence-corrected chi connectivity index (χ4v) is 3.71. The van der Waals surface area contributed by atoms with Crippen molar-refractivity contribution in [2.45, 2.75) is 11.9 Å². The molecule has 1 aromatic heterocycles. The lowest BCUT2D eigenvalue weighted by Crippen LogP contribution is -2.23. The van der Waals surface area contributed by atoms with E-state index < -0.39 is 47.0 Å². The van der Waals surface area contributed by atoms with Crippen molar-refractivity contribution < 1.29 is 21.8 Å².